The summed E-state index contributed by atoms with van der Waals surface area (Å²) >= 11 is 14.2. The van der Waals surface area contributed by atoms with Gasteiger partial charge < -0.3 is 9.64 Å². The van der Waals surface area contributed by atoms with Gasteiger partial charge >= 0.3 is 6.18 Å². The van der Waals surface area contributed by atoms with Crippen LogP contribution in [0.15, 0.2) is 54.6 Å². The van der Waals surface area contributed by atoms with Crippen molar-refractivity contribution in [1.29, 1.82) is 0 Å². The Morgan fingerprint density at radius 2 is 1.79 bits per heavy atom. The van der Waals surface area contributed by atoms with Crippen molar-refractivity contribution in [2.75, 3.05) is 11.9 Å². The van der Waals surface area contributed by atoms with Gasteiger partial charge in [0.05, 0.1) is 21.4 Å². The number of tetrazole rings is 1. The topological polar surface area (TPSA) is 92.7 Å². The zero-order valence-electron chi connectivity index (χ0n) is 22.6. The molecule has 5 aromatic rings. The van der Waals surface area contributed by atoms with E-state index in [4.69, 9.17) is 27.9 Å². The number of ether oxygens (including phenoxy) is 1. The van der Waals surface area contributed by atoms with Crippen LogP contribution in [0, 0.1) is 0 Å². The molecule has 0 atom stereocenters. The summed E-state index contributed by atoms with van der Waals surface area (Å²) in [4.78, 5) is 6.28. The summed E-state index contributed by atoms with van der Waals surface area (Å²) in [6.45, 7) is 4.11. The number of alkyl halides is 3. The summed E-state index contributed by atoms with van der Waals surface area (Å²) < 4.78 is 53.1. The van der Waals surface area contributed by atoms with Crippen LogP contribution < -0.4 is 9.64 Å². The van der Waals surface area contributed by atoms with Crippen molar-refractivity contribution in [2.45, 2.75) is 39.1 Å². The molecule has 0 aliphatic rings. The zero-order chi connectivity index (χ0) is 30.0. The standard InChI is InChI=1S/C28H24Cl2F3N7OS/c1-15(2)25-18(24(37-42-25)23-19(29)8-5-9-20(23)30)14-41-22-11-10-21(26(34-22)28(31,32)33)40(3)13-16-6-4-7-17(12-16)27-35-38-39-36-27/h4-12,15H,13-14H2,1-3H3,(H,35,36,38,39). The van der Waals surface area contributed by atoms with Gasteiger partial charge in [0.25, 0.3) is 0 Å². The molecule has 0 aliphatic carbocycles. The van der Waals surface area contributed by atoms with Crippen molar-refractivity contribution in [2.24, 2.45) is 0 Å². The quantitative estimate of drug-likeness (QED) is 0.175. The van der Waals surface area contributed by atoms with E-state index >= 15 is 0 Å². The smallest absolute Gasteiger partial charge is 0.435 e. The first kappa shape index (κ1) is 29.7. The fourth-order valence-electron chi connectivity index (χ4n) is 4.46. The highest BCUT2D eigenvalue weighted by Crippen LogP contribution is 2.41. The predicted octanol–water partition coefficient (Wildman–Crippen LogP) is 8.05. The van der Waals surface area contributed by atoms with Gasteiger partial charge in [0.2, 0.25) is 11.7 Å². The lowest BCUT2D eigenvalue weighted by Crippen LogP contribution is -2.22. The van der Waals surface area contributed by atoms with Crippen LogP contribution in [-0.2, 0) is 19.3 Å². The molecule has 0 fully saturated rings. The fraction of sp³-hybridized carbons (Fsp3) is 0.250. The van der Waals surface area contributed by atoms with Crippen LogP contribution in [0.5, 0.6) is 5.88 Å². The largest absolute Gasteiger partial charge is 0.473 e. The summed E-state index contributed by atoms with van der Waals surface area (Å²) in [6, 6.07) is 15.1. The van der Waals surface area contributed by atoms with Gasteiger partial charge in [-0.3, -0.25) is 0 Å². The number of halogens is 5. The monoisotopic (exact) mass is 633 g/mol. The van der Waals surface area contributed by atoms with Gasteiger partial charge in [-0.2, -0.15) is 22.8 Å². The number of nitrogens with one attached hydrogen (secondary N) is 1. The van der Waals surface area contributed by atoms with Crippen molar-refractivity contribution < 1.29 is 17.9 Å². The van der Waals surface area contributed by atoms with Gasteiger partial charge in [0, 0.05) is 41.2 Å². The van der Waals surface area contributed by atoms with Crippen LogP contribution in [-0.4, -0.2) is 37.0 Å². The second kappa shape index (κ2) is 12.2. The molecule has 0 amide bonds. The number of hydrogen-bond acceptors (Lipinski definition) is 8. The summed E-state index contributed by atoms with van der Waals surface area (Å²) in [7, 11) is 1.57. The maximum Gasteiger partial charge on any atom is 0.435 e. The number of aromatic amines is 1. The van der Waals surface area contributed by atoms with Gasteiger partial charge in [-0.1, -0.05) is 61.3 Å². The van der Waals surface area contributed by atoms with E-state index in [0.29, 0.717) is 38.3 Å². The van der Waals surface area contributed by atoms with E-state index in [-0.39, 0.29) is 30.6 Å². The number of pyridine rings is 1. The van der Waals surface area contributed by atoms with Crippen molar-refractivity contribution in [1.82, 2.24) is 30.0 Å². The number of nitrogens with zero attached hydrogens (tertiary/aromatic N) is 6. The van der Waals surface area contributed by atoms with Crippen molar-refractivity contribution >= 4 is 40.4 Å². The highest BCUT2D eigenvalue weighted by molar-refractivity contribution is 7.06. The minimum absolute atomic E-state index is 0.0662. The summed E-state index contributed by atoms with van der Waals surface area (Å²) in [5.41, 5.74) is 2.07. The maximum atomic E-state index is 14.2. The van der Waals surface area contributed by atoms with E-state index in [1.165, 1.54) is 28.6 Å². The Balaban J connectivity index is 1.41. The van der Waals surface area contributed by atoms with Crippen molar-refractivity contribution in [3.05, 3.63) is 86.3 Å². The van der Waals surface area contributed by atoms with Crippen LogP contribution in [0.2, 0.25) is 10.0 Å². The third kappa shape index (κ3) is 6.35. The molecule has 0 saturated carbocycles. The number of benzene rings is 2. The normalized spacial score (nSPS) is 11.7. The molecule has 0 spiro atoms. The first-order valence-corrected chi connectivity index (χ1v) is 14.2. The second-order valence-electron chi connectivity index (χ2n) is 9.72. The van der Waals surface area contributed by atoms with E-state index in [2.05, 4.69) is 30.0 Å². The van der Waals surface area contributed by atoms with Crippen molar-refractivity contribution in [3.8, 4) is 28.5 Å². The SMILES string of the molecule is CC(C)c1snc(-c2c(Cl)cccc2Cl)c1COc1ccc(N(C)Cc2cccc(-c3nn[nH]n3)c2)c(C(F)(F)F)n1. The highest BCUT2D eigenvalue weighted by atomic mass is 35.5. The van der Waals surface area contributed by atoms with Crippen LogP contribution in [0.3, 0.4) is 0 Å². The molecule has 0 radical (unpaired) electrons. The highest BCUT2D eigenvalue weighted by Gasteiger charge is 2.37. The van der Waals surface area contributed by atoms with Gasteiger partial charge in [0.15, 0.2) is 5.69 Å². The number of aromatic nitrogens is 6. The number of hydrogen-bond donors (Lipinski definition) is 1. The molecule has 0 aliphatic heterocycles. The van der Waals surface area contributed by atoms with Crippen LogP contribution >= 0.6 is 34.7 Å². The van der Waals surface area contributed by atoms with Gasteiger partial charge in [0.1, 0.15) is 6.61 Å². The lowest BCUT2D eigenvalue weighted by molar-refractivity contribution is -0.140. The molecule has 0 unspecified atom stereocenters. The van der Waals surface area contributed by atoms with E-state index in [0.717, 1.165) is 10.4 Å². The molecule has 0 saturated heterocycles. The summed E-state index contributed by atoms with van der Waals surface area (Å²) in [6.07, 6.45) is -4.72. The molecule has 3 heterocycles. The molecule has 42 heavy (non-hydrogen) atoms. The maximum absolute atomic E-state index is 14.2. The minimum Gasteiger partial charge on any atom is -0.473 e. The first-order valence-electron chi connectivity index (χ1n) is 12.7. The average molecular weight is 635 g/mol. The van der Waals surface area contributed by atoms with E-state index in [1.54, 1.807) is 43.4 Å². The predicted molar refractivity (Wildman–Crippen MR) is 157 cm³/mol. The fourth-order valence-corrected chi connectivity index (χ4v) is 5.91. The molecular weight excluding hydrogens is 610 g/mol. The Labute approximate surface area is 253 Å². The van der Waals surface area contributed by atoms with E-state index < -0.39 is 11.9 Å². The van der Waals surface area contributed by atoms with Gasteiger partial charge in [-0.05, 0) is 52.5 Å². The molecule has 14 heteroatoms. The molecule has 2 aromatic carbocycles. The summed E-state index contributed by atoms with van der Waals surface area (Å²) in [5, 5.41) is 14.7. The summed E-state index contributed by atoms with van der Waals surface area (Å²) in [5.74, 6) is 0.306. The molecule has 1 N–H and O–H groups in total. The zero-order valence-corrected chi connectivity index (χ0v) is 24.9. The minimum atomic E-state index is -4.72. The van der Waals surface area contributed by atoms with Crippen LogP contribution in [0.1, 0.15) is 41.5 Å². The lowest BCUT2D eigenvalue weighted by atomic mass is 10.0. The first-order chi connectivity index (χ1) is 20.0. The van der Waals surface area contributed by atoms with E-state index in [1.807, 2.05) is 19.9 Å². The number of rotatable bonds is 9. The molecule has 218 valence electrons. The third-order valence-electron chi connectivity index (χ3n) is 6.39. The molecule has 8 nitrogen and oxygen atoms in total. The Morgan fingerprint density at radius 3 is 2.45 bits per heavy atom. The Morgan fingerprint density at radius 1 is 1.05 bits per heavy atom. The van der Waals surface area contributed by atoms with Crippen molar-refractivity contribution in [3.63, 3.8) is 0 Å². The molecular formula is C28H24Cl2F3N7OS. The Bertz CT molecular complexity index is 1670. The average Bonchev–Trinajstić information content (AvgIpc) is 3.62. The molecule has 5 rings (SSSR count). The second-order valence-corrected chi connectivity index (χ2v) is 11.3. The lowest BCUT2D eigenvalue weighted by Gasteiger charge is -2.23. The van der Waals surface area contributed by atoms with Gasteiger partial charge in [-0.25, -0.2) is 4.98 Å². The van der Waals surface area contributed by atoms with Gasteiger partial charge in [-0.15, -0.1) is 10.2 Å². The number of H-pyrrole nitrogens is 1. The van der Waals surface area contributed by atoms with Crippen LogP contribution in [0.4, 0.5) is 18.9 Å². The van der Waals surface area contributed by atoms with E-state index in [9.17, 15) is 13.2 Å². The number of anilines is 1. The van der Waals surface area contributed by atoms with Crippen LogP contribution in [0.25, 0.3) is 22.6 Å². The molecule has 3 aromatic heterocycles. The Kier molecular flexibility index (Phi) is 8.67. The third-order valence-corrected chi connectivity index (χ3v) is 8.20. The Hall–Kier alpha value is -3.74. The molecule has 0 bridgehead atoms.